The number of rotatable bonds is 6. The van der Waals surface area contributed by atoms with Gasteiger partial charge in [-0.15, -0.1) is 0 Å². The highest BCUT2D eigenvalue weighted by Gasteiger charge is 2.16. The molecule has 1 N–H and O–H groups in total. The van der Waals surface area contributed by atoms with Crippen LogP contribution >= 0.6 is 0 Å². The number of nitrogens with zero attached hydrogens (tertiary/aromatic N) is 1. The smallest absolute Gasteiger partial charge is 0.137 e. The van der Waals surface area contributed by atoms with Crippen molar-refractivity contribution in [3.63, 3.8) is 0 Å². The lowest BCUT2D eigenvalue weighted by Crippen LogP contribution is -2.13. The summed E-state index contributed by atoms with van der Waals surface area (Å²) in [7, 11) is 0. The van der Waals surface area contributed by atoms with Crippen LogP contribution in [0.3, 0.4) is 0 Å². The maximum atomic E-state index is 5.69. The molecule has 1 atom stereocenters. The molecule has 1 aliphatic heterocycles. The van der Waals surface area contributed by atoms with Gasteiger partial charge in [0.1, 0.15) is 5.75 Å². The Kier molecular flexibility index (Phi) is 4.76. The molecular formula is C13H20N2O2. The maximum Gasteiger partial charge on any atom is 0.137 e. The van der Waals surface area contributed by atoms with E-state index in [0.717, 1.165) is 50.8 Å². The summed E-state index contributed by atoms with van der Waals surface area (Å²) in [6.07, 6.45) is 2.90. The highest BCUT2D eigenvalue weighted by molar-refractivity contribution is 5.19. The van der Waals surface area contributed by atoms with Crippen molar-refractivity contribution in [2.75, 3.05) is 26.4 Å². The van der Waals surface area contributed by atoms with Crippen molar-refractivity contribution in [2.45, 2.75) is 19.9 Å². The highest BCUT2D eigenvalue weighted by Crippen LogP contribution is 2.15. The van der Waals surface area contributed by atoms with Gasteiger partial charge in [-0.25, -0.2) is 0 Å². The quantitative estimate of drug-likeness (QED) is 0.815. The van der Waals surface area contributed by atoms with Gasteiger partial charge in [-0.2, -0.15) is 0 Å². The molecular weight excluding hydrogens is 216 g/mol. The first-order chi connectivity index (χ1) is 8.38. The van der Waals surface area contributed by atoms with Crippen molar-refractivity contribution in [1.29, 1.82) is 0 Å². The molecule has 4 nitrogen and oxygen atoms in total. The van der Waals surface area contributed by atoms with E-state index in [1.54, 1.807) is 6.20 Å². The number of hydrogen-bond donors (Lipinski definition) is 1. The van der Waals surface area contributed by atoms with Crippen molar-refractivity contribution >= 4 is 0 Å². The van der Waals surface area contributed by atoms with Crippen LogP contribution in [-0.4, -0.2) is 31.3 Å². The lowest BCUT2D eigenvalue weighted by atomic mass is 10.1. The van der Waals surface area contributed by atoms with Crippen LogP contribution in [-0.2, 0) is 11.3 Å². The Morgan fingerprint density at radius 3 is 3.12 bits per heavy atom. The molecule has 1 aromatic rings. The van der Waals surface area contributed by atoms with Crippen LogP contribution in [0.15, 0.2) is 18.3 Å². The number of hydrogen-bond acceptors (Lipinski definition) is 4. The molecule has 0 aliphatic carbocycles. The largest absolute Gasteiger partial charge is 0.492 e. The van der Waals surface area contributed by atoms with Gasteiger partial charge in [0.15, 0.2) is 0 Å². The Bertz CT molecular complexity index is 321. The summed E-state index contributed by atoms with van der Waals surface area (Å²) < 4.78 is 11.0. The van der Waals surface area contributed by atoms with Crippen LogP contribution in [0.1, 0.15) is 19.0 Å². The molecule has 2 heterocycles. The van der Waals surface area contributed by atoms with E-state index < -0.39 is 0 Å². The summed E-state index contributed by atoms with van der Waals surface area (Å²) in [4.78, 5) is 4.34. The van der Waals surface area contributed by atoms with E-state index in [1.165, 1.54) is 0 Å². The minimum Gasteiger partial charge on any atom is -0.492 e. The molecule has 0 spiro atoms. The molecule has 0 amide bonds. The molecule has 0 saturated carbocycles. The van der Waals surface area contributed by atoms with Gasteiger partial charge in [0.05, 0.1) is 25.1 Å². The number of pyridine rings is 1. The van der Waals surface area contributed by atoms with Crippen LogP contribution in [0.4, 0.5) is 0 Å². The molecule has 0 bridgehead atoms. The van der Waals surface area contributed by atoms with Crippen molar-refractivity contribution in [1.82, 2.24) is 10.3 Å². The molecule has 1 aromatic heterocycles. The zero-order valence-corrected chi connectivity index (χ0v) is 10.3. The first kappa shape index (κ1) is 12.3. The molecule has 1 unspecified atom stereocenters. The van der Waals surface area contributed by atoms with Crippen LogP contribution < -0.4 is 10.1 Å². The monoisotopic (exact) mass is 236 g/mol. The van der Waals surface area contributed by atoms with Gasteiger partial charge in [0, 0.05) is 19.1 Å². The van der Waals surface area contributed by atoms with E-state index in [9.17, 15) is 0 Å². The Balaban J connectivity index is 1.76. The molecule has 1 saturated heterocycles. The van der Waals surface area contributed by atoms with Crippen molar-refractivity contribution in [2.24, 2.45) is 5.92 Å². The first-order valence-electron chi connectivity index (χ1n) is 6.24. The van der Waals surface area contributed by atoms with Crippen molar-refractivity contribution < 1.29 is 9.47 Å². The fourth-order valence-corrected chi connectivity index (χ4v) is 1.78. The minimum absolute atomic E-state index is 0.538. The van der Waals surface area contributed by atoms with Gasteiger partial charge >= 0.3 is 0 Å². The summed E-state index contributed by atoms with van der Waals surface area (Å²) in [6.45, 7) is 6.28. The lowest BCUT2D eigenvalue weighted by molar-refractivity contribution is 0.167. The Labute approximate surface area is 102 Å². The Morgan fingerprint density at radius 2 is 2.47 bits per heavy atom. The molecule has 2 rings (SSSR count). The summed E-state index contributed by atoms with van der Waals surface area (Å²) >= 11 is 0. The number of ether oxygens (including phenoxy) is 2. The van der Waals surface area contributed by atoms with Gasteiger partial charge < -0.3 is 14.8 Å². The molecule has 0 radical (unpaired) electrons. The summed E-state index contributed by atoms with van der Waals surface area (Å²) in [5, 5.41) is 3.24. The zero-order valence-electron chi connectivity index (χ0n) is 10.3. The fraction of sp³-hybridized carbons (Fsp3) is 0.615. The Morgan fingerprint density at radius 1 is 1.53 bits per heavy atom. The molecule has 1 aliphatic rings. The van der Waals surface area contributed by atoms with Crippen LogP contribution in [0.2, 0.25) is 0 Å². The molecule has 1 fully saturated rings. The minimum atomic E-state index is 0.538. The predicted molar refractivity (Wildman–Crippen MR) is 66.0 cm³/mol. The standard InChI is InChI=1S/C13H20N2O2/c1-2-14-7-12-3-4-13(8-15-12)17-10-11-5-6-16-9-11/h3-4,8,11,14H,2,5-7,9-10H2,1H3. The highest BCUT2D eigenvalue weighted by atomic mass is 16.5. The van der Waals surface area contributed by atoms with E-state index in [2.05, 4.69) is 17.2 Å². The van der Waals surface area contributed by atoms with Gasteiger partial charge in [0.25, 0.3) is 0 Å². The van der Waals surface area contributed by atoms with Gasteiger partial charge in [-0.05, 0) is 25.1 Å². The Hall–Kier alpha value is -1.13. The SMILES string of the molecule is CCNCc1ccc(OCC2CCOC2)cn1. The van der Waals surface area contributed by atoms with Crippen molar-refractivity contribution in [3.05, 3.63) is 24.0 Å². The third-order valence-corrected chi connectivity index (χ3v) is 2.86. The van der Waals surface area contributed by atoms with E-state index >= 15 is 0 Å². The van der Waals surface area contributed by atoms with Crippen LogP contribution in [0, 0.1) is 5.92 Å². The number of nitrogens with one attached hydrogen (secondary N) is 1. The average Bonchev–Trinajstić information content (AvgIpc) is 2.88. The van der Waals surface area contributed by atoms with E-state index in [4.69, 9.17) is 9.47 Å². The topological polar surface area (TPSA) is 43.4 Å². The van der Waals surface area contributed by atoms with Gasteiger partial charge in [0.2, 0.25) is 0 Å². The maximum absolute atomic E-state index is 5.69. The second-order valence-corrected chi connectivity index (χ2v) is 4.31. The third-order valence-electron chi connectivity index (χ3n) is 2.86. The lowest BCUT2D eigenvalue weighted by Gasteiger charge is -2.10. The van der Waals surface area contributed by atoms with Crippen LogP contribution in [0.5, 0.6) is 5.75 Å². The molecule has 17 heavy (non-hydrogen) atoms. The second-order valence-electron chi connectivity index (χ2n) is 4.31. The fourth-order valence-electron chi connectivity index (χ4n) is 1.78. The van der Waals surface area contributed by atoms with Crippen molar-refractivity contribution in [3.8, 4) is 5.75 Å². The van der Waals surface area contributed by atoms with Crippen LogP contribution in [0.25, 0.3) is 0 Å². The predicted octanol–water partition coefficient (Wildman–Crippen LogP) is 1.61. The number of aromatic nitrogens is 1. The van der Waals surface area contributed by atoms with E-state index in [-0.39, 0.29) is 0 Å². The van der Waals surface area contributed by atoms with Gasteiger partial charge in [-0.1, -0.05) is 6.92 Å². The average molecular weight is 236 g/mol. The first-order valence-corrected chi connectivity index (χ1v) is 6.24. The third kappa shape index (κ3) is 3.98. The van der Waals surface area contributed by atoms with Gasteiger partial charge in [-0.3, -0.25) is 4.98 Å². The molecule has 94 valence electrons. The summed E-state index contributed by atoms with van der Waals surface area (Å²) in [6, 6.07) is 3.98. The summed E-state index contributed by atoms with van der Waals surface area (Å²) in [5.74, 6) is 1.38. The van der Waals surface area contributed by atoms with E-state index in [1.807, 2.05) is 12.1 Å². The van der Waals surface area contributed by atoms with E-state index in [0.29, 0.717) is 5.92 Å². The molecule has 0 aromatic carbocycles. The zero-order chi connectivity index (χ0) is 11.9. The normalized spacial score (nSPS) is 19.5. The summed E-state index contributed by atoms with van der Waals surface area (Å²) in [5.41, 5.74) is 1.04. The second kappa shape index (κ2) is 6.57. The molecule has 4 heteroatoms.